The van der Waals surface area contributed by atoms with Gasteiger partial charge in [-0.3, -0.25) is 0 Å². The molecular formula is C13H20N8. The highest BCUT2D eigenvalue weighted by atomic mass is 15.4. The molecule has 2 aromatic heterocycles. The van der Waals surface area contributed by atoms with Crippen LogP contribution in [0.1, 0.15) is 26.7 Å². The van der Waals surface area contributed by atoms with Gasteiger partial charge in [-0.2, -0.15) is 24.7 Å². The van der Waals surface area contributed by atoms with Crippen LogP contribution in [0.3, 0.4) is 0 Å². The average Bonchev–Trinajstić information content (AvgIpc) is 3.17. The van der Waals surface area contributed by atoms with Crippen LogP contribution in [0, 0.1) is 5.92 Å². The van der Waals surface area contributed by atoms with E-state index in [0.29, 0.717) is 29.8 Å². The standard InChI is InChI=1S/C13H20N8/c1-9(2)10-5-4-6-20(10)12-17-11(14-3)18-13(19-12)21-8-15-7-16-21/h7-10H,4-6H2,1-3H3,(H,14,17,18,19). The summed E-state index contributed by atoms with van der Waals surface area (Å²) in [5.74, 6) is 2.30. The van der Waals surface area contributed by atoms with E-state index in [1.165, 1.54) is 19.2 Å². The lowest BCUT2D eigenvalue weighted by molar-refractivity contribution is 0.486. The molecule has 0 aliphatic carbocycles. The zero-order chi connectivity index (χ0) is 14.8. The van der Waals surface area contributed by atoms with E-state index in [-0.39, 0.29) is 0 Å². The molecule has 0 amide bonds. The normalized spacial score (nSPS) is 18.5. The molecule has 1 fully saturated rings. The summed E-state index contributed by atoms with van der Waals surface area (Å²) in [6.45, 7) is 5.45. The fraction of sp³-hybridized carbons (Fsp3) is 0.615. The Morgan fingerprint density at radius 2 is 2.05 bits per heavy atom. The first-order valence-corrected chi connectivity index (χ1v) is 7.24. The summed E-state index contributed by atoms with van der Waals surface area (Å²) in [7, 11) is 1.80. The average molecular weight is 288 g/mol. The summed E-state index contributed by atoms with van der Waals surface area (Å²) >= 11 is 0. The number of hydrogen-bond acceptors (Lipinski definition) is 7. The molecule has 0 saturated carbocycles. The van der Waals surface area contributed by atoms with E-state index in [1.54, 1.807) is 18.1 Å². The minimum Gasteiger partial charge on any atom is -0.357 e. The van der Waals surface area contributed by atoms with Crippen molar-refractivity contribution >= 4 is 11.9 Å². The minimum absolute atomic E-state index is 0.473. The van der Waals surface area contributed by atoms with Gasteiger partial charge in [0.2, 0.25) is 11.9 Å². The van der Waals surface area contributed by atoms with Crippen molar-refractivity contribution in [1.29, 1.82) is 0 Å². The van der Waals surface area contributed by atoms with Crippen LogP contribution in [-0.2, 0) is 0 Å². The molecule has 21 heavy (non-hydrogen) atoms. The molecule has 0 aromatic carbocycles. The van der Waals surface area contributed by atoms with Crippen molar-refractivity contribution in [3.05, 3.63) is 12.7 Å². The lowest BCUT2D eigenvalue weighted by Gasteiger charge is -2.27. The van der Waals surface area contributed by atoms with Gasteiger partial charge in [0.25, 0.3) is 5.95 Å². The van der Waals surface area contributed by atoms with E-state index in [9.17, 15) is 0 Å². The van der Waals surface area contributed by atoms with Crippen molar-refractivity contribution < 1.29 is 0 Å². The lowest BCUT2D eigenvalue weighted by Crippen LogP contribution is -2.35. The Morgan fingerprint density at radius 1 is 1.24 bits per heavy atom. The van der Waals surface area contributed by atoms with Crippen molar-refractivity contribution in [1.82, 2.24) is 29.7 Å². The summed E-state index contributed by atoms with van der Waals surface area (Å²) in [4.78, 5) is 19.6. The highest BCUT2D eigenvalue weighted by molar-refractivity contribution is 5.41. The maximum Gasteiger partial charge on any atom is 0.258 e. The first kappa shape index (κ1) is 13.7. The lowest BCUT2D eigenvalue weighted by atomic mass is 10.0. The Bertz CT molecular complexity index is 594. The van der Waals surface area contributed by atoms with Crippen LogP contribution < -0.4 is 10.2 Å². The van der Waals surface area contributed by atoms with E-state index < -0.39 is 0 Å². The van der Waals surface area contributed by atoms with E-state index >= 15 is 0 Å². The summed E-state index contributed by atoms with van der Waals surface area (Å²) in [5.41, 5.74) is 0. The van der Waals surface area contributed by atoms with Gasteiger partial charge in [0.05, 0.1) is 0 Å². The summed E-state index contributed by atoms with van der Waals surface area (Å²) in [6.07, 6.45) is 5.40. The van der Waals surface area contributed by atoms with E-state index in [1.807, 2.05) is 0 Å². The SMILES string of the molecule is CNc1nc(N2CCCC2C(C)C)nc(-n2cncn2)n1. The van der Waals surface area contributed by atoms with Gasteiger partial charge >= 0.3 is 0 Å². The Kier molecular flexibility index (Phi) is 3.68. The third kappa shape index (κ3) is 2.65. The fourth-order valence-corrected chi connectivity index (χ4v) is 2.74. The van der Waals surface area contributed by atoms with Gasteiger partial charge in [0.1, 0.15) is 12.7 Å². The third-order valence-electron chi connectivity index (χ3n) is 3.78. The van der Waals surface area contributed by atoms with Crippen LogP contribution in [0.4, 0.5) is 11.9 Å². The number of rotatable bonds is 4. The molecular weight excluding hydrogens is 268 g/mol. The summed E-state index contributed by atoms with van der Waals surface area (Å²) in [6, 6.07) is 0.473. The summed E-state index contributed by atoms with van der Waals surface area (Å²) in [5, 5.41) is 7.08. The van der Waals surface area contributed by atoms with Crippen molar-refractivity contribution in [3.8, 4) is 5.95 Å². The number of anilines is 2. The largest absolute Gasteiger partial charge is 0.357 e. The van der Waals surface area contributed by atoms with Crippen LogP contribution in [0.2, 0.25) is 0 Å². The molecule has 1 aliphatic rings. The second-order valence-corrected chi connectivity index (χ2v) is 5.50. The highest BCUT2D eigenvalue weighted by Gasteiger charge is 2.29. The van der Waals surface area contributed by atoms with Crippen LogP contribution >= 0.6 is 0 Å². The zero-order valence-corrected chi connectivity index (χ0v) is 12.6. The first-order valence-electron chi connectivity index (χ1n) is 7.24. The van der Waals surface area contributed by atoms with Gasteiger partial charge in [0.15, 0.2) is 0 Å². The van der Waals surface area contributed by atoms with Gasteiger partial charge in [-0.1, -0.05) is 13.8 Å². The molecule has 1 N–H and O–H groups in total. The quantitative estimate of drug-likeness (QED) is 0.902. The molecule has 1 unspecified atom stereocenters. The molecule has 1 atom stereocenters. The predicted molar refractivity (Wildman–Crippen MR) is 79.5 cm³/mol. The number of hydrogen-bond donors (Lipinski definition) is 1. The first-order chi connectivity index (χ1) is 10.2. The molecule has 3 rings (SSSR count). The van der Waals surface area contributed by atoms with Crippen LogP contribution in [0.5, 0.6) is 0 Å². The van der Waals surface area contributed by atoms with Gasteiger partial charge < -0.3 is 10.2 Å². The van der Waals surface area contributed by atoms with Gasteiger partial charge in [0, 0.05) is 19.6 Å². The molecule has 1 saturated heterocycles. The molecule has 3 heterocycles. The Labute approximate surface area is 123 Å². The van der Waals surface area contributed by atoms with Crippen LogP contribution in [0.15, 0.2) is 12.7 Å². The third-order valence-corrected chi connectivity index (χ3v) is 3.78. The van der Waals surface area contributed by atoms with Crippen LogP contribution in [-0.4, -0.2) is 49.4 Å². The molecule has 0 bridgehead atoms. The Morgan fingerprint density at radius 3 is 2.71 bits per heavy atom. The van der Waals surface area contributed by atoms with E-state index in [2.05, 4.69) is 49.1 Å². The molecule has 0 spiro atoms. The Balaban J connectivity index is 2.00. The smallest absolute Gasteiger partial charge is 0.258 e. The highest BCUT2D eigenvalue weighted by Crippen LogP contribution is 2.28. The predicted octanol–water partition coefficient (Wildman–Crippen LogP) is 1.12. The van der Waals surface area contributed by atoms with Gasteiger partial charge in [-0.25, -0.2) is 4.98 Å². The summed E-state index contributed by atoms with van der Waals surface area (Å²) < 4.78 is 1.55. The molecule has 2 aromatic rings. The number of nitrogens with one attached hydrogen (secondary N) is 1. The van der Waals surface area contributed by atoms with Gasteiger partial charge in [-0.05, 0) is 18.8 Å². The second-order valence-electron chi connectivity index (χ2n) is 5.50. The van der Waals surface area contributed by atoms with Crippen molar-refractivity contribution in [3.63, 3.8) is 0 Å². The van der Waals surface area contributed by atoms with Crippen molar-refractivity contribution in [2.24, 2.45) is 5.92 Å². The van der Waals surface area contributed by atoms with Crippen molar-refractivity contribution in [2.45, 2.75) is 32.7 Å². The molecule has 1 aliphatic heterocycles. The maximum absolute atomic E-state index is 4.56. The van der Waals surface area contributed by atoms with E-state index in [4.69, 9.17) is 0 Å². The second kappa shape index (κ2) is 5.63. The topological polar surface area (TPSA) is 84.7 Å². The van der Waals surface area contributed by atoms with Crippen molar-refractivity contribution in [2.75, 3.05) is 23.8 Å². The maximum atomic E-state index is 4.56. The Hall–Kier alpha value is -2.25. The zero-order valence-electron chi connectivity index (χ0n) is 12.6. The molecule has 112 valence electrons. The molecule has 8 heteroatoms. The minimum atomic E-state index is 0.473. The van der Waals surface area contributed by atoms with Gasteiger partial charge in [-0.15, -0.1) is 0 Å². The fourth-order valence-electron chi connectivity index (χ4n) is 2.74. The molecule has 8 nitrogen and oxygen atoms in total. The van der Waals surface area contributed by atoms with E-state index in [0.717, 1.165) is 6.54 Å². The number of aromatic nitrogens is 6. The molecule has 0 radical (unpaired) electrons. The number of nitrogens with zero attached hydrogens (tertiary/aromatic N) is 7. The van der Waals surface area contributed by atoms with Crippen LogP contribution in [0.25, 0.3) is 5.95 Å². The monoisotopic (exact) mass is 288 g/mol.